The monoisotopic (exact) mass is 285 g/mol. The van der Waals surface area contributed by atoms with E-state index >= 15 is 0 Å². The molecule has 0 aliphatic heterocycles. The van der Waals surface area contributed by atoms with Gasteiger partial charge in [-0.3, -0.25) is 0 Å². The highest BCUT2D eigenvalue weighted by Gasteiger charge is 2.15. The van der Waals surface area contributed by atoms with Crippen molar-refractivity contribution < 1.29 is 9.53 Å². The maximum atomic E-state index is 11.7. The predicted octanol–water partition coefficient (Wildman–Crippen LogP) is 3.12. The number of ether oxygens (including phenoxy) is 1. The summed E-state index contributed by atoms with van der Waals surface area (Å²) in [6.45, 7) is 6.08. The largest absolute Gasteiger partial charge is 0.465 e. The molecule has 0 saturated heterocycles. The van der Waals surface area contributed by atoms with E-state index in [-0.39, 0.29) is 5.69 Å². The number of hydrogen-bond acceptors (Lipinski definition) is 5. The molecule has 1 heterocycles. The van der Waals surface area contributed by atoms with E-state index in [0.717, 1.165) is 16.8 Å². The van der Waals surface area contributed by atoms with Gasteiger partial charge in [0.1, 0.15) is 0 Å². The minimum Gasteiger partial charge on any atom is -0.465 e. The third-order valence-electron chi connectivity index (χ3n) is 3.32. The molecule has 0 bridgehead atoms. The van der Waals surface area contributed by atoms with Gasteiger partial charge in [-0.1, -0.05) is 17.7 Å². The Balaban J connectivity index is 2.44. The zero-order chi connectivity index (χ0) is 15.6. The highest BCUT2D eigenvalue weighted by molar-refractivity contribution is 5.98. The quantitative estimate of drug-likeness (QED) is 0.847. The number of anilines is 3. The Morgan fingerprint density at radius 1 is 1.24 bits per heavy atom. The van der Waals surface area contributed by atoms with Gasteiger partial charge in [0.05, 0.1) is 18.4 Å². The molecule has 0 saturated carbocycles. The SMILES string of the molecule is COC(=O)c1ccnc(Nc2c(C)cc(C)cc2C)c1N. The highest BCUT2D eigenvalue weighted by atomic mass is 16.5. The maximum Gasteiger partial charge on any atom is 0.340 e. The Kier molecular flexibility index (Phi) is 4.12. The Bertz CT molecular complexity index is 673. The van der Waals surface area contributed by atoms with Gasteiger partial charge in [0, 0.05) is 11.9 Å². The molecule has 5 nitrogen and oxygen atoms in total. The first-order chi connectivity index (χ1) is 9.93. The molecule has 0 radical (unpaired) electrons. The first-order valence-electron chi connectivity index (χ1n) is 6.61. The molecular weight excluding hydrogens is 266 g/mol. The number of rotatable bonds is 3. The standard InChI is InChI=1S/C16H19N3O2/c1-9-7-10(2)14(11(3)8-9)19-15-13(17)12(5-6-18-15)16(20)21-4/h5-8H,17H2,1-4H3,(H,18,19). The number of carbonyl (C=O) groups excluding carboxylic acids is 1. The summed E-state index contributed by atoms with van der Waals surface area (Å²) in [7, 11) is 1.32. The van der Waals surface area contributed by atoms with Crippen LogP contribution in [0.3, 0.4) is 0 Å². The highest BCUT2D eigenvalue weighted by Crippen LogP contribution is 2.29. The molecule has 2 rings (SSSR count). The minimum absolute atomic E-state index is 0.281. The number of nitrogen functional groups attached to an aromatic ring is 1. The summed E-state index contributed by atoms with van der Waals surface area (Å²) in [5.74, 6) is -0.0248. The summed E-state index contributed by atoms with van der Waals surface area (Å²) in [6.07, 6.45) is 1.53. The number of nitrogens with zero attached hydrogens (tertiary/aromatic N) is 1. The topological polar surface area (TPSA) is 77.2 Å². The number of aromatic nitrogens is 1. The lowest BCUT2D eigenvalue weighted by molar-refractivity contribution is 0.0602. The molecule has 2 aromatic rings. The van der Waals surface area contributed by atoms with Gasteiger partial charge in [-0.25, -0.2) is 9.78 Å². The number of pyridine rings is 1. The Morgan fingerprint density at radius 2 is 1.86 bits per heavy atom. The van der Waals surface area contributed by atoms with Gasteiger partial charge in [0.15, 0.2) is 5.82 Å². The smallest absolute Gasteiger partial charge is 0.340 e. The summed E-state index contributed by atoms with van der Waals surface area (Å²) in [4.78, 5) is 15.9. The molecule has 0 unspecified atom stereocenters. The normalized spacial score (nSPS) is 10.3. The van der Waals surface area contributed by atoms with E-state index in [9.17, 15) is 4.79 Å². The summed E-state index contributed by atoms with van der Waals surface area (Å²) < 4.78 is 4.71. The molecule has 0 amide bonds. The van der Waals surface area contributed by atoms with Gasteiger partial charge in [-0.2, -0.15) is 0 Å². The number of hydrogen-bond donors (Lipinski definition) is 2. The first kappa shape index (κ1) is 14.8. The van der Waals surface area contributed by atoms with Gasteiger partial charge in [0.2, 0.25) is 0 Å². The maximum absolute atomic E-state index is 11.7. The number of aryl methyl sites for hydroxylation is 3. The molecule has 0 spiro atoms. The van der Waals surface area contributed by atoms with Crippen molar-refractivity contribution in [1.82, 2.24) is 4.98 Å². The fraction of sp³-hybridized carbons (Fsp3) is 0.250. The Hall–Kier alpha value is -2.56. The summed E-state index contributed by atoms with van der Waals surface area (Å²) in [6, 6.07) is 5.70. The van der Waals surface area contributed by atoms with Crippen LogP contribution in [0.5, 0.6) is 0 Å². The lowest BCUT2D eigenvalue weighted by Gasteiger charge is -2.15. The van der Waals surface area contributed by atoms with E-state index in [1.807, 2.05) is 20.8 Å². The van der Waals surface area contributed by atoms with Crippen LogP contribution in [-0.4, -0.2) is 18.1 Å². The second-order valence-electron chi connectivity index (χ2n) is 5.01. The first-order valence-corrected chi connectivity index (χ1v) is 6.61. The minimum atomic E-state index is -0.477. The van der Waals surface area contributed by atoms with Crippen LogP contribution in [0.4, 0.5) is 17.2 Å². The third kappa shape index (κ3) is 2.97. The molecular formula is C16H19N3O2. The average Bonchev–Trinajstić information content (AvgIpc) is 2.43. The van der Waals surface area contributed by atoms with E-state index in [4.69, 9.17) is 10.5 Å². The second-order valence-corrected chi connectivity index (χ2v) is 5.01. The van der Waals surface area contributed by atoms with Crippen LogP contribution in [0.25, 0.3) is 0 Å². The molecule has 5 heteroatoms. The molecule has 0 aliphatic carbocycles. The molecule has 0 aliphatic rings. The van der Waals surface area contributed by atoms with E-state index in [1.54, 1.807) is 6.07 Å². The number of benzene rings is 1. The van der Waals surface area contributed by atoms with Crippen molar-refractivity contribution in [3.05, 3.63) is 46.6 Å². The summed E-state index contributed by atoms with van der Waals surface area (Å²) >= 11 is 0. The van der Waals surface area contributed by atoms with Crippen molar-refractivity contribution in [2.75, 3.05) is 18.2 Å². The van der Waals surface area contributed by atoms with Crippen molar-refractivity contribution in [2.24, 2.45) is 0 Å². The van der Waals surface area contributed by atoms with Crippen LogP contribution in [0, 0.1) is 20.8 Å². The molecule has 1 aromatic carbocycles. The Labute approximate surface area is 124 Å². The van der Waals surface area contributed by atoms with Crippen molar-refractivity contribution in [1.29, 1.82) is 0 Å². The molecule has 21 heavy (non-hydrogen) atoms. The zero-order valence-corrected chi connectivity index (χ0v) is 12.7. The van der Waals surface area contributed by atoms with E-state index in [2.05, 4.69) is 22.4 Å². The van der Waals surface area contributed by atoms with Gasteiger partial charge in [-0.05, 0) is 38.0 Å². The summed E-state index contributed by atoms with van der Waals surface area (Å²) in [5, 5.41) is 3.21. The average molecular weight is 285 g/mol. The fourth-order valence-electron chi connectivity index (χ4n) is 2.36. The number of carbonyl (C=O) groups is 1. The molecule has 0 atom stereocenters. The van der Waals surface area contributed by atoms with Crippen LogP contribution in [0.15, 0.2) is 24.4 Å². The summed E-state index contributed by atoms with van der Waals surface area (Å²) in [5.41, 5.74) is 10.9. The fourth-order valence-corrected chi connectivity index (χ4v) is 2.36. The molecule has 110 valence electrons. The lowest BCUT2D eigenvalue weighted by Crippen LogP contribution is -2.09. The van der Waals surface area contributed by atoms with Crippen molar-refractivity contribution in [3.8, 4) is 0 Å². The van der Waals surface area contributed by atoms with Crippen LogP contribution >= 0.6 is 0 Å². The molecule has 3 N–H and O–H groups in total. The van der Waals surface area contributed by atoms with Gasteiger partial charge >= 0.3 is 5.97 Å². The number of nitrogens with one attached hydrogen (secondary N) is 1. The number of methoxy groups -OCH3 is 1. The van der Waals surface area contributed by atoms with E-state index in [1.165, 1.54) is 18.9 Å². The van der Waals surface area contributed by atoms with Crippen LogP contribution in [-0.2, 0) is 4.74 Å². The lowest BCUT2D eigenvalue weighted by atomic mass is 10.0. The van der Waals surface area contributed by atoms with E-state index in [0.29, 0.717) is 11.4 Å². The van der Waals surface area contributed by atoms with Crippen LogP contribution < -0.4 is 11.1 Å². The van der Waals surface area contributed by atoms with Crippen LogP contribution in [0.2, 0.25) is 0 Å². The van der Waals surface area contributed by atoms with Crippen molar-refractivity contribution in [3.63, 3.8) is 0 Å². The van der Waals surface area contributed by atoms with E-state index < -0.39 is 5.97 Å². The van der Waals surface area contributed by atoms with Gasteiger partial charge in [0.25, 0.3) is 0 Å². The van der Waals surface area contributed by atoms with Gasteiger partial charge < -0.3 is 15.8 Å². The molecule has 1 aromatic heterocycles. The Morgan fingerprint density at radius 3 is 2.43 bits per heavy atom. The van der Waals surface area contributed by atoms with Crippen molar-refractivity contribution >= 4 is 23.2 Å². The molecule has 0 fully saturated rings. The second kappa shape index (κ2) is 5.83. The number of nitrogens with two attached hydrogens (primary N) is 1. The van der Waals surface area contributed by atoms with Crippen LogP contribution in [0.1, 0.15) is 27.0 Å². The van der Waals surface area contributed by atoms with Gasteiger partial charge in [-0.15, -0.1) is 0 Å². The third-order valence-corrected chi connectivity index (χ3v) is 3.32. The number of esters is 1. The zero-order valence-electron chi connectivity index (χ0n) is 12.7. The predicted molar refractivity (Wildman–Crippen MR) is 83.9 cm³/mol. The van der Waals surface area contributed by atoms with Crippen molar-refractivity contribution in [2.45, 2.75) is 20.8 Å².